The summed E-state index contributed by atoms with van der Waals surface area (Å²) in [6.07, 6.45) is 3.86. The topological polar surface area (TPSA) is 79.5 Å². The molecule has 1 unspecified atom stereocenters. The zero-order chi connectivity index (χ0) is 12.4. The van der Waals surface area contributed by atoms with E-state index in [0.29, 0.717) is 5.65 Å². The molecule has 0 bridgehead atoms. The van der Waals surface area contributed by atoms with E-state index in [9.17, 15) is 4.79 Å². The largest absolute Gasteiger partial charge is 0.477 e. The highest BCUT2D eigenvalue weighted by molar-refractivity contribution is 5.94. The fourth-order valence-corrected chi connectivity index (χ4v) is 1.51. The number of carboxylic acids is 1. The number of hydrogen-bond acceptors (Lipinski definition) is 4. The zero-order valence-corrected chi connectivity index (χ0v) is 9.71. The van der Waals surface area contributed by atoms with Gasteiger partial charge in [-0.1, -0.05) is 6.92 Å². The van der Waals surface area contributed by atoms with Gasteiger partial charge in [-0.2, -0.15) is 9.61 Å². The lowest BCUT2D eigenvalue weighted by Crippen LogP contribution is -2.16. The molecular formula is C11H14N4O2. The minimum Gasteiger partial charge on any atom is -0.477 e. The summed E-state index contributed by atoms with van der Waals surface area (Å²) in [5.41, 5.74) is 0.462. The van der Waals surface area contributed by atoms with Crippen molar-refractivity contribution in [2.75, 3.05) is 5.32 Å². The number of nitrogens with one attached hydrogen (secondary N) is 1. The average Bonchev–Trinajstić information content (AvgIpc) is 2.73. The quantitative estimate of drug-likeness (QED) is 0.840. The van der Waals surface area contributed by atoms with E-state index in [1.807, 2.05) is 6.92 Å². The number of hydrogen-bond donors (Lipinski definition) is 2. The molecule has 6 heteroatoms. The Hall–Kier alpha value is -2.11. The Balaban J connectivity index is 2.48. The lowest BCUT2D eigenvalue weighted by atomic mass is 10.2. The summed E-state index contributed by atoms with van der Waals surface area (Å²) in [6.45, 7) is 4.12. The average molecular weight is 234 g/mol. The molecule has 0 radical (unpaired) electrons. The fourth-order valence-electron chi connectivity index (χ4n) is 1.51. The van der Waals surface area contributed by atoms with Gasteiger partial charge in [0.1, 0.15) is 11.4 Å². The van der Waals surface area contributed by atoms with Gasteiger partial charge in [0.25, 0.3) is 0 Å². The smallest absolute Gasteiger partial charge is 0.341 e. The van der Waals surface area contributed by atoms with E-state index >= 15 is 0 Å². The van der Waals surface area contributed by atoms with Crippen LogP contribution >= 0.6 is 0 Å². The molecule has 0 aliphatic heterocycles. The van der Waals surface area contributed by atoms with Gasteiger partial charge < -0.3 is 10.4 Å². The second-order valence-electron chi connectivity index (χ2n) is 3.88. The number of rotatable bonds is 4. The van der Waals surface area contributed by atoms with Crippen LogP contribution in [0.25, 0.3) is 5.65 Å². The van der Waals surface area contributed by atoms with Crippen LogP contribution in [0.3, 0.4) is 0 Å². The highest BCUT2D eigenvalue weighted by Crippen LogP contribution is 2.14. The number of carboxylic acid groups (broad SMARTS) is 1. The van der Waals surface area contributed by atoms with Gasteiger partial charge in [-0.3, -0.25) is 0 Å². The van der Waals surface area contributed by atoms with Crippen molar-refractivity contribution in [1.29, 1.82) is 0 Å². The van der Waals surface area contributed by atoms with E-state index < -0.39 is 5.97 Å². The molecule has 0 aliphatic carbocycles. The van der Waals surface area contributed by atoms with Crippen molar-refractivity contribution in [3.8, 4) is 0 Å². The molecule has 90 valence electrons. The molecule has 0 aromatic carbocycles. The first-order chi connectivity index (χ1) is 8.13. The first-order valence-electron chi connectivity index (χ1n) is 5.46. The Kier molecular flexibility index (Phi) is 2.95. The molecule has 2 aromatic heterocycles. The van der Waals surface area contributed by atoms with Crippen molar-refractivity contribution >= 4 is 17.4 Å². The maximum atomic E-state index is 11.0. The van der Waals surface area contributed by atoms with E-state index in [0.717, 1.165) is 12.2 Å². The van der Waals surface area contributed by atoms with Gasteiger partial charge in [-0.05, 0) is 19.4 Å². The lowest BCUT2D eigenvalue weighted by Gasteiger charge is -2.13. The Morgan fingerprint density at radius 3 is 3.06 bits per heavy atom. The molecular weight excluding hydrogens is 220 g/mol. The van der Waals surface area contributed by atoms with E-state index in [1.165, 1.54) is 10.7 Å². The van der Waals surface area contributed by atoms with E-state index in [4.69, 9.17) is 5.11 Å². The van der Waals surface area contributed by atoms with Crippen LogP contribution in [0.5, 0.6) is 0 Å². The monoisotopic (exact) mass is 234 g/mol. The van der Waals surface area contributed by atoms with E-state index in [2.05, 4.69) is 22.3 Å². The molecule has 2 heterocycles. The van der Waals surface area contributed by atoms with Gasteiger partial charge in [0, 0.05) is 12.2 Å². The maximum absolute atomic E-state index is 11.0. The number of aromatic carboxylic acids is 1. The van der Waals surface area contributed by atoms with Crippen LogP contribution in [0.15, 0.2) is 18.5 Å². The molecule has 2 aromatic rings. The summed E-state index contributed by atoms with van der Waals surface area (Å²) >= 11 is 0. The van der Waals surface area contributed by atoms with Crippen molar-refractivity contribution in [3.63, 3.8) is 0 Å². The molecule has 0 spiro atoms. The molecule has 2 N–H and O–H groups in total. The van der Waals surface area contributed by atoms with Crippen LogP contribution in [-0.2, 0) is 0 Å². The Morgan fingerprint density at radius 1 is 1.65 bits per heavy atom. The summed E-state index contributed by atoms with van der Waals surface area (Å²) in [7, 11) is 0. The third kappa shape index (κ3) is 2.06. The second kappa shape index (κ2) is 4.40. The third-order valence-corrected chi connectivity index (χ3v) is 2.64. The molecule has 6 nitrogen and oxygen atoms in total. The highest BCUT2D eigenvalue weighted by Gasteiger charge is 2.14. The molecule has 0 saturated carbocycles. The summed E-state index contributed by atoms with van der Waals surface area (Å²) in [5.74, 6) is -0.273. The molecule has 0 aliphatic rings. The molecule has 0 amide bonds. The maximum Gasteiger partial charge on any atom is 0.341 e. The molecule has 2 rings (SSSR count). The van der Waals surface area contributed by atoms with E-state index in [-0.39, 0.29) is 11.6 Å². The molecule has 0 fully saturated rings. The van der Waals surface area contributed by atoms with Crippen molar-refractivity contribution < 1.29 is 9.90 Å². The Bertz CT molecular complexity index is 549. The van der Waals surface area contributed by atoms with Crippen LogP contribution in [0.1, 0.15) is 30.6 Å². The Labute approximate surface area is 98.3 Å². The Morgan fingerprint density at radius 2 is 2.41 bits per heavy atom. The van der Waals surface area contributed by atoms with Crippen LogP contribution in [0.4, 0.5) is 5.82 Å². The number of nitrogens with zero attached hydrogens (tertiary/aromatic N) is 3. The van der Waals surface area contributed by atoms with Crippen LogP contribution in [-0.4, -0.2) is 31.7 Å². The summed E-state index contributed by atoms with van der Waals surface area (Å²) in [4.78, 5) is 15.0. The SMILES string of the molecule is CCC(C)Nc1ccnc2c(C(=O)O)cnn12. The van der Waals surface area contributed by atoms with Crippen molar-refractivity contribution in [1.82, 2.24) is 14.6 Å². The predicted molar refractivity (Wildman–Crippen MR) is 63.3 cm³/mol. The van der Waals surface area contributed by atoms with Gasteiger partial charge in [-0.25, -0.2) is 9.78 Å². The molecule has 17 heavy (non-hydrogen) atoms. The summed E-state index contributed by atoms with van der Waals surface area (Å²) in [5, 5.41) is 16.3. The standard InChI is InChI=1S/C11H14N4O2/c1-3-7(2)14-9-4-5-12-10-8(11(16)17)6-13-15(9)10/h4-7,14H,3H2,1-2H3,(H,16,17). The number of carbonyl (C=O) groups is 1. The normalized spacial score (nSPS) is 12.6. The zero-order valence-electron chi connectivity index (χ0n) is 9.71. The summed E-state index contributed by atoms with van der Waals surface area (Å²) in [6, 6.07) is 2.07. The fraction of sp³-hybridized carbons (Fsp3) is 0.364. The number of fused-ring (bicyclic) bond motifs is 1. The minimum atomic E-state index is -1.02. The van der Waals surface area contributed by atoms with Gasteiger partial charge in [0.2, 0.25) is 0 Å². The van der Waals surface area contributed by atoms with Crippen molar-refractivity contribution in [3.05, 3.63) is 24.0 Å². The first-order valence-corrected chi connectivity index (χ1v) is 5.46. The van der Waals surface area contributed by atoms with Crippen molar-refractivity contribution in [2.45, 2.75) is 26.3 Å². The van der Waals surface area contributed by atoms with Gasteiger partial charge in [0.15, 0.2) is 5.65 Å². The third-order valence-electron chi connectivity index (χ3n) is 2.64. The second-order valence-corrected chi connectivity index (χ2v) is 3.88. The number of aromatic nitrogens is 3. The van der Waals surface area contributed by atoms with Crippen LogP contribution < -0.4 is 5.32 Å². The predicted octanol–water partition coefficient (Wildman–Crippen LogP) is 1.64. The van der Waals surface area contributed by atoms with Gasteiger partial charge in [-0.15, -0.1) is 0 Å². The first kappa shape index (κ1) is 11.4. The highest BCUT2D eigenvalue weighted by atomic mass is 16.4. The van der Waals surface area contributed by atoms with Gasteiger partial charge in [0.05, 0.1) is 6.20 Å². The summed E-state index contributed by atoms with van der Waals surface area (Å²) < 4.78 is 1.51. The molecule has 1 atom stereocenters. The number of anilines is 1. The lowest BCUT2D eigenvalue weighted by molar-refractivity contribution is 0.0699. The van der Waals surface area contributed by atoms with Gasteiger partial charge >= 0.3 is 5.97 Å². The molecule has 0 saturated heterocycles. The van der Waals surface area contributed by atoms with Crippen molar-refractivity contribution in [2.24, 2.45) is 0 Å². The van der Waals surface area contributed by atoms with Crippen LogP contribution in [0, 0.1) is 0 Å². The van der Waals surface area contributed by atoms with Crippen LogP contribution in [0.2, 0.25) is 0 Å². The van der Waals surface area contributed by atoms with E-state index in [1.54, 1.807) is 12.3 Å². The minimum absolute atomic E-state index is 0.109.